The predicted octanol–water partition coefficient (Wildman–Crippen LogP) is 1.80. The van der Waals surface area contributed by atoms with E-state index in [-0.39, 0.29) is 23.1 Å². The minimum atomic E-state index is -1.30. The van der Waals surface area contributed by atoms with E-state index >= 15 is 0 Å². The zero-order valence-corrected chi connectivity index (χ0v) is 16.4. The fraction of sp³-hybridized carbons (Fsp3) is 0.211. The van der Waals surface area contributed by atoms with Crippen LogP contribution in [0.25, 0.3) is 5.65 Å². The van der Waals surface area contributed by atoms with Crippen LogP contribution >= 0.6 is 11.8 Å². The molecule has 3 aromatic rings. The maximum Gasteiger partial charge on any atom is 0.355 e. The first-order chi connectivity index (χ1) is 14.4. The molecule has 0 aliphatic heterocycles. The molecular formula is C19H16ClN5O5. The Morgan fingerprint density at radius 3 is 2.83 bits per heavy atom. The van der Waals surface area contributed by atoms with Crippen LogP contribution in [0, 0.1) is 11.3 Å². The SMILES string of the molecule is COC(=O)c1cc(C(=O)O)nc2c[nH]c(=O)n12.N#Cc1ccc2c(c1)CC[C@@H]2NCl. The molecule has 0 bridgehead atoms. The summed E-state index contributed by atoms with van der Waals surface area (Å²) >= 11 is 5.59. The predicted molar refractivity (Wildman–Crippen MR) is 105 cm³/mol. The number of nitrogens with one attached hydrogen (secondary N) is 2. The number of benzene rings is 1. The van der Waals surface area contributed by atoms with E-state index in [1.807, 2.05) is 18.2 Å². The monoisotopic (exact) mass is 429 g/mol. The fourth-order valence-electron chi connectivity index (χ4n) is 3.19. The average Bonchev–Trinajstić information content (AvgIpc) is 3.35. The first-order valence-corrected chi connectivity index (χ1v) is 9.09. The van der Waals surface area contributed by atoms with Gasteiger partial charge < -0.3 is 14.8 Å². The van der Waals surface area contributed by atoms with Gasteiger partial charge in [0.1, 0.15) is 5.69 Å². The summed E-state index contributed by atoms with van der Waals surface area (Å²) in [6.45, 7) is 0. The lowest BCUT2D eigenvalue weighted by Gasteiger charge is -2.07. The van der Waals surface area contributed by atoms with Crippen molar-refractivity contribution in [3.63, 3.8) is 0 Å². The third kappa shape index (κ3) is 4.03. The van der Waals surface area contributed by atoms with E-state index in [0.29, 0.717) is 0 Å². The minimum Gasteiger partial charge on any atom is -0.477 e. The third-order valence-corrected chi connectivity index (χ3v) is 4.86. The summed E-state index contributed by atoms with van der Waals surface area (Å²) < 4.78 is 5.41. The Morgan fingerprint density at radius 2 is 2.20 bits per heavy atom. The van der Waals surface area contributed by atoms with Crippen molar-refractivity contribution in [2.75, 3.05) is 7.11 Å². The van der Waals surface area contributed by atoms with Gasteiger partial charge in [-0.05, 0) is 47.9 Å². The molecule has 1 aliphatic rings. The lowest BCUT2D eigenvalue weighted by molar-refractivity contribution is 0.0591. The van der Waals surface area contributed by atoms with Crippen molar-refractivity contribution in [3.8, 4) is 6.07 Å². The van der Waals surface area contributed by atoms with E-state index in [1.165, 1.54) is 17.3 Å². The Morgan fingerprint density at radius 1 is 1.43 bits per heavy atom. The summed E-state index contributed by atoms with van der Waals surface area (Å²) in [5.41, 5.74) is 2.12. The maximum absolute atomic E-state index is 11.4. The Kier molecular flexibility index (Phi) is 6.15. The van der Waals surface area contributed by atoms with Gasteiger partial charge in [0.25, 0.3) is 0 Å². The highest BCUT2D eigenvalue weighted by atomic mass is 35.5. The van der Waals surface area contributed by atoms with E-state index in [0.717, 1.165) is 36.0 Å². The second-order valence-electron chi connectivity index (χ2n) is 6.34. The number of carboxylic acids is 1. The smallest absolute Gasteiger partial charge is 0.355 e. The lowest BCUT2D eigenvalue weighted by Crippen LogP contribution is -2.20. The zero-order valence-electron chi connectivity index (χ0n) is 15.7. The summed E-state index contributed by atoms with van der Waals surface area (Å²) in [6, 6.07) is 9.15. The molecule has 0 fully saturated rings. The number of aromatic carboxylic acids is 1. The summed E-state index contributed by atoms with van der Waals surface area (Å²) in [7, 11) is 1.13. The second-order valence-corrected chi connectivity index (χ2v) is 6.55. The van der Waals surface area contributed by atoms with Crippen molar-refractivity contribution in [1.29, 1.82) is 5.26 Å². The molecule has 2 aromatic heterocycles. The molecule has 30 heavy (non-hydrogen) atoms. The number of nitriles is 1. The molecule has 0 saturated carbocycles. The Labute approximate surface area is 174 Å². The van der Waals surface area contributed by atoms with Crippen molar-refractivity contribution < 1.29 is 19.4 Å². The van der Waals surface area contributed by atoms with Gasteiger partial charge in [0.2, 0.25) is 0 Å². The molecule has 0 amide bonds. The molecule has 10 nitrogen and oxygen atoms in total. The molecule has 154 valence electrons. The normalized spacial score (nSPS) is 14.4. The lowest BCUT2D eigenvalue weighted by atomic mass is 10.1. The Bertz CT molecular complexity index is 1230. The highest BCUT2D eigenvalue weighted by Crippen LogP contribution is 2.31. The molecule has 11 heteroatoms. The molecular weight excluding hydrogens is 414 g/mol. The van der Waals surface area contributed by atoms with Gasteiger partial charge in [-0.15, -0.1) is 0 Å². The number of carbonyl (C=O) groups excluding carboxylic acids is 1. The van der Waals surface area contributed by atoms with Crippen LogP contribution < -0.4 is 10.5 Å². The van der Waals surface area contributed by atoms with Crippen molar-refractivity contribution in [3.05, 3.63) is 69.0 Å². The van der Waals surface area contributed by atoms with Crippen LogP contribution in [0.5, 0.6) is 0 Å². The summed E-state index contributed by atoms with van der Waals surface area (Å²) in [5, 5.41) is 17.5. The number of halogens is 1. The Hall–Kier alpha value is -3.68. The zero-order chi connectivity index (χ0) is 21.8. The number of nitrogens with zero attached hydrogens (tertiary/aromatic N) is 3. The van der Waals surface area contributed by atoms with Crippen LogP contribution in [-0.2, 0) is 11.2 Å². The maximum atomic E-state index is 11.4. The highest BCUT2D eigenvalue weighted by molar-refractivity contribution is 6.13. The van der Waals surface area contributed by atoms with Gasteiger partial charge in [-0.2, -0.15) is 5.26 Å². The summed E-state index contributed by atoms with van der Waals surface area (Å²) in [5.74, 6) is -2.12. The fourth-order valence-corrected chi connectivity index (χ4v) is 3.42. The highest BCUT2D eigenvalue weighted by Gasteiger charge is 2.21. The van der Waals surface area contributed by atoms with Crippen LogP contribution in [0.3, 0.4) is 0 Å². The first kappa shape index (κ1) is 21.0. The number of carboxylic acid groups (broad SMARTS) is 1. The molecule has 3 N–H and O–H groups in total. The number of imidazole rings is 1. The molecule has 1 atom stereocenters. The number of fused-ring (bicyclic) bond motifs is 2. The van der Waals surface area contributed by atoms with Crippen LogP contribution in [0.15, 0.2) is 35.3 Å². The summed E-state index contributed by atoms with van der Waals surface area (Å²) in [6.07, 6.45) is 3.24. The number of H-pyrrole nitrogens is 1. The standard InChI is InChI=1S/C10H9ClN2.C9H7N3O5/c11-13-10-4-2-8-5-7(6-12)1-3-9(8)10;1-17-8(15)5-2-4(7(13)14)11-6-3-10-9(16)12(5)6/h1,3,5,10,13H,2,4H2;2-3H,1H3,(H,10,16)(H,13,14)/t10-;/m0./s1. The molecule has 0 radical (unpaired) electrons. The van der Waals surface area contributed by atoms with Gasteiger partial charge in [-0.3, -0.25) is 0 Å². The molecule has 1 aliphatic carbocycles. The third-order valence-electron chi connectivity index (χ3n) is 4.60. The van der Waals surface area contributed by atoms with Crippen LogP contribution in [0.1, 0.15) is 50.1 Å². The van der Waals surface area contributed by atoms with Gasteiger partial charge in [0, 0.05) is 18.3 Å². The van der Waals surface area contributed by atoms with Gasteiger partial charge in [0.15, 0.2) is 11.3 Å². The Balaban J connectivity index is 0.000000177. The number of carbonyl (C=O) groups is 2. The number of esters is 1. The van der Waals surface area contributed by atoms with E-state index < -0.39 is 17.6 Å². The molecule has 2 heterocycles. The number of methoxy groups -OCH3 is 1. The second kappa shape index (κ2) is 8.77. The number of rotatable bonds is 3. The van der Waals surface area contributed by atoms with Crippen molar-refractivity contribution in [1.82, 2.24) is 19.2 Å². The molecule has 0 saturated heterocycles. The topological polar surface area (TPSA) is 150 Å². The molecule has 0 unspecified atom stereocenters. The van der Waals surface area contributed by atoms with Crippen LogP contribution in [0.4, 0.5) is 0 Å². The quantitative estimate of drug-likeness (QED) is 0.421. The van der Waals surface area contributed by atoms with Gasteiger partial charge >= 0.3 is 17.6 Å². The minimum absolute atomic E-state index is 0.0373. The number of ether oxygens (including phenoxy) is 1. The molecule has 4 rings (SSSR count). The number of aryl methyl sites for hydroxylation is 1. The number of hydrogen-bond donors (Lipinski definition) is 3. The van der Waals surface area contributed by atoms with E-state index in [1.54, 1.807) is 0 Å². The molecule has 0 spiro atoms. The van der Waals surface area contributed by atoms with Crippen LogP contribution in [-0.4, -0.2) is 38.5 Å². The van der Waals surface area contributed by atoms with Crippen molar-refractivity contribution in [2.45, 2.75) is 18.9 Å². The average molecular weight is 430 g/mol. The largest absolute Gasteiger partial charge is 0.477 e. The van der Waals surface area contributed by atoms with Crippen molar-refractivity contribution >= 4 is 29.4 Å². The van der Waals surface area contributed by atoms with E-state index in [9.17, 15) is 14.4 Å². The number of aromatic nitrogens is 3. The molecule has 1 aromatic carbocycles. The number of aromatic amines is 1. The summed E-state index contributed by atoms with van der Waals surface area (Å²) in [4.78, 5) is 42.4. The number of hydrogen-bond acceptors (Lipinski definition) is 7. The van der Waals surface area contributed by atoms with Gasteiger partial charge in [0.05, 0.1) is 18.7 Å². The van der Waals surface area contributed by atoms with Crippen molar-refractivity contribution in [2.24, 2.45) is 0 Å². The van der Waals surface area contributed by atoms with Gasteiger partial charge in [-0.25, -0.2) is 28.6 Å². The van der Waals surface area contributed by atoms with E-state index in [4.69, 9.17) is 22.1 Å². The first-order valence-electron chi connectivity index (χ1n) is 8.71. The van der Waals surface area contributed by atoms with Gasteiger partial charge in [-0.1, -0.05) is 6.07 Å². The van der Waals surface area contributed by atoms with Crippen LogP contribution in [0.2, 0.25) is 0 Å². The van der Waals surface area contributed by atoms with E-state index in [2.05, 4.69) is 25.6 Å².